The van der Waals surface area contributed by atoms with E-state index in [2.05, 4.69) is 29.4 Å². The van der Waals surface area contributed by atoms with E-state index in [-0.39, 0.29) is 18.5 Å². The largest absolute Gasteiger partial charge is 0.507 e. The molecule has 134 valence electrons. The molecule has 2 rings (SSSR count). The molecule has 1 heterocycles. The van der Waals surface area contributed by atoms with E-state index in [9.17, 15) is 15.2 Å². The van der Waals surface area contributed by atoms with Crippen molar-refractivity contribution < 1.29 is 19.9 Å². The monoisotopic (exact) mass is 406 g/mol. The number of hydrogen-bond donors (Lipinski definition) is 3. The van der Waals surface area contributed by atoms with Gasteiger partial charge < -0.3 is 19.9 Å². The van der Waals surface area contributed by atoms with Crippen molar-refractivity contribution in [2.24, 2.45) is 0 Å². The predicted molar refractivity (Wildman–Crippen MR) is 105 cm³/mol. The number of benzene rings is 1. The molecule has 25 heavy (non-hydrogen) atoms. The molecule has 0 saturated carbocycles. The maximum absolute atomic E-state index is 10.0. The zero-order valence-electron chi connectivity index (χ0n) is 14.4. The molecule has 0 saturated heterocycles. The first kappa shape index (κ1) is 20.0. The van der Waals surface area contributed by atoms with Crippen LogP contribution in [0, 0.1) is 0 Å². The van der Waals surface area contributed by atoms with Crippen LogP contribution in [-0.4, -0.2) is 35.1 Å². The fourth-order valence-electron chi connectivity index (χ4n) is 2.89. The van der Waals surface area contributed by atoms with Gasteiger partial charge in [0, 0.05) is 16.4 Å². The summed E-state index contributed by atoms with van der Waals surface area (Å²) >= 11 is 3.42. The van der Waals surface area contributed by atoms with Crippen LogP contribution in [0.2, 0.25) is 6.32 Å². The van der Waals surface area contributed by atoms with E-state index in [0.29, 0.717) is 18.3 Å². The molecule has 0 aliphatic carbocycles. The highest BCUT2D eigenvalue weighted by Gasteiger charge is 2.27. The molecular weight excluding hydrogens is 383 g/mol. The van der Waals surface area contributed by atoms with Crippen LogP contribution >= 0.6 is 15.9 Å². The molecule has 0 spiro atoms. The van der Waals surface area contributed by atoms with Gasteiger partial charge in [0.05, 0.1) is 12.7 Å². The van der Waals surface area contributed by atoms with E-state index < -0.39 is 7.12 Å². The summed E-state index contributed by atoms with van der Waals surface area (Å²) in [6.45, 7) is 5.83. The maximum Gasteiger partial charge on any atom is 0.458 e. The molecule has 1 aromatic rings. The van der Waals surface area contributed by atoms with Crippen molar-refractivity contribution in [2.45, 2.75) is 38.6 Å². The quantitative estimate of drug-likeness (QED) is 0.596. The minimum atomic E-state index is -0.816. The minimum Gasteiger partial charge on any atom is -0.507 e. The third-order valence-electron chi connectivity index (χ3n) is 4.34. The fourth-order valence-corrected chi connectivity index (χ4v) is 3.27. The molecule has 4 nitrogen and oxygen atoms in total. The Balaban J connectivity index is 2.12. The third-order valence-corrected chi connectivity index (χ3v) is 4.83. The fraction of sp³-hybridized carbons (Fsp3) is 0.368. The smallest absolute Gasteiger partial charge is 0.458 e. The average Bonchev–Trinajstić information content (AvgIpc) is 2.60. The third kappa shape index (κ3) is 5.58. The van der Waals surface area contributed by atoms with E-state index in [1.165, 1.54) is 5.57 Å². The van der Waals surface area contributed by atoms with Crippen molar-refractivity contribution in [3.05, 3.63) is 57.6 Å². The standard InChI is InChI=1S/C19H24BBrO4/c1-3-14(10-15-11-16(21)5-6-18(15)23)4-7-19-17(13(2)12-22)8-9-20(24)25-19/h5-6,8,10-11,19,22-24H,2-4,7,9,12H2,1H3/b14-10+. The van der Waals surface area contributed by atoms with Gasteiger partial charge in [-0.3, -0.25) is 0 Å². The number of rotatable bonds is 7. The van der Waals surface area contributed by atoms with Crippen molar-refractivity contribution in [3.63, 3.8) is 0 Å². The van der Waals surface area contributed by atoms with Crippen LogP contribution in [0.1, 0.15) is 31.7 Å². The zero-order chi connectivity index (χ0) is 18.4. The number of hydrogen-bond acceptors (Lipinski definition) is 4. The summed E-state index contributed by atoms with van der Waals surface area (Å²) in [6.07, 6.45) is 6.30. The van der Waals surface area contributed by atoms with Crippen LogP contribution < -0.4 is 0 Å². The Bertz CT molecular complexity index is 684. The SMILES string of the molecule is C=C(CO)C1=CCB(O)OC1CC/C(=C/c1cc(Br)ccc1O)CC. The first-order chi connectivity index (χ1) is 11.9. The summed E-state index contributed by atoms with van der Waals surface area (Å²) < 4.78 is 6.55. The lowest BCUT2D eigenvalue weighted by Gasteiger charge is -2.28. The predicted octanol–water partition coefficient (Wildman–Crippen LogP) is 4.08. The number of phenolic OH excluding ortho intramolecular Hbond substituents is 1. The van der Waals surface area contributed by atoms with Crippen molar-refractivity contribution in [2.75, 3.05) is 6.61 Å². The molecule has 0 aromatic heterocycles. The first-order valence-electron chi connectivity index (χ1n) is 8.45. The van der Waals surface area contributed by atoms with Crippen LogP contribution in [0.25, 0.3) is 6.08 Å². The molecule has 1 atom stereocenters. The van der Waals surface area contributed by atoms with E-state index in [1.807, 2.05) is 18.2 Å². The summed E-state index contributed by atoms with van der Waals surface area (Å²) in [5, 5.41) is 29.1. The van der Waals surface area contributed by atoms with Gasteiger partial charge in [0.25, 0.3) is 0 Å². The second-order valence-corrected chi connectivity index (χ2v) is 7.05. The van der Waals surface area contributed by atoms with Crippen molar-refractivity contribution in [1.29, 1.82) is 0 Å². The highest BCUT2D eigenvalue weighted by molar-refractivity contribution is 9.10. The molecule has 0 amide bonds. The van der Waals surface area contributed by atoms with Gasteiger partial charge in [0.1, 0.15) is 5.75 Å². The lowest BCUT2D eigenvalue weighted by molar-refractivity contribution is 0.180. The lowest BCUT2D eigenvalue weighted by Crippen LogP contribution is -2.32. The summed E-state index contributed by atoms with van der Waals surface area (Å²) in [5.74, 6) is 0.243. The molecule has 1 aliphatic heterocycles. The highest BCUT2D eigenvalue weighted by atomic mass is 79.9. The normalized spacial score (nSPS) is 18.2. The molecular formula is C19H24BBrO4. The van der Waals surface area contributed by atoms with E-state index in [4.69, 9.17) is 4.65 Å². The Morgan fingerprint density at radius 1 is 1.48 bits per heavy atom. The zero-order valence-corrected chi connectivity index (χ0v) is 16.0. The van der Waals surface area contributed by atoms with Crippen molar-refractivity contribution in [1.82, 2.24) is 0 Å². The number of allylic oxidation sites excluding steroid dienone is 2. The first-order valence-corrected chi connectivity index (χ1v) is 9.24. The second kappa shape index (κ2) is 9.39. The molecule has 1 aromatic carbocycles. The van der Waals surface area contributed by atoms with Gasteiger partial charge in [-0.15, -0.1) is 0 Å². The molecule has 1 aliphatic rings. The number of halogens is 1. The van der Waals surface area contributed by atoms with Gasteiger partial charge in [-0.25, -0.2) is 0 Å². The summed E-state index contributed by atoms with van der Waals surface area (Å²) in [6, 6.07) is 5.34. The van der Waals surface area contributed by atoms with Gasteiger partial charge in [-0.1, -0.05) is 47.2 Å². The Labute approximate surface area is 157 Å². The van der Waals surface area contributed by atoms with Crippen LogP contribution in [0.5, 0.6) is 5.75 Å². The van der Waals surface area contributed by atoms with E-state index >= 15 is 0 Å². The Morgan fingerprint density at radius 2 is 2.24 bits per heavy atom. The van der Waals surface area contributed by atoms with Crippen LogP contribution in [0.15, 0.2) is 52.0 Å². The van der Waals surface area contributed by atoms with E-state index in [0.717, 1.165) is 28.5 Å². The molecule has 3 N–H and O–H groups in total. The van der Waals surface area contributed by atoms with Gasteiger partial charge in [-0.05, 0) is 48.6 Å². The van der Waals surface area contributed by atoms with Crippen molar-refractivity contribution >= 4 is 29.1 Å². The number of aromatic hydroxyl groups is 1. The number of aliphatic hydroxyl groups is 1. The van der Waals surface area contributed by atoms with Crippen LogP contribution in [-0.2, 0) is 4.65 Å². The molecule has 6 heteroatoms. The van der Waals surface area contributed by atoms with Crippen molar-refractivity contribution in [3.8, 4) is 5.75 Å². The molecule has 0 radical (unpaired) electrons. The van der Waals surface area contributed by atoms with Crippen LogP contribution in [0.3, 0.4) is 0 Å². The Kier molecular flexibility index (Phi) is 7.50. The lowest BCUT2D eigenvalue weighted by atomic mass is 9.78. The van der Waals surface area contributed by atoms with Gasteiger partial charge in [0.15, 0.2) is 0 Å². The summed E-state index contributed by atoms with van der Waals surface area (Å²) in [5.41, 5.74) is 3.44. The van der Waals surface area contributed by atoms with Gasteiger partial charge in [-0.2, -0.15) is 0 Å². The molecule has 0 fully saturated rings. The Morgan fingerprint density at radius 3 is 2.92 bits per heavy atom. The molecule has 1 unspecified atom stereocenters. The van der Waals surface area contributed by atoms with Crippen LogP contribution in [0.4, 0.5) is 0 Å². The summed E-state index contributed by atoms with van der Waals surface area (Å²) in [4.78, 5) is 0. The maximum atomic E-state index is 10.0. The highest BCUT2D eigenvalue weighted by Crippen LogP contribution is 2.30. The molecule has 0 bridgehead atoms. The van der Waals surface area contributed by atoms with Gasteiger partial charge >= 0.3 is 7.12 Å². The van der Waals surface area contributed by atoms with E-state index in [1.54, 1.807) is 12.1 Å². The number of aliphatic hydroxyl groups excluding tert-OH is 1. The second-order valence-electron chi connectivity index (χ2n) is 6.13. The Hall–Kier alpha value is -1.34. The topological polar surface area (TPSA) is 69.9 Å². The average molecular weight is 407 g/mol. The van der Waals surface area contributed by atoms with Gasteiger partial charge in [0.2, 0.25) is 0 Å². The number of phenols is 1. The summed E-state index contributed by atoms with van der Waals surface area (Å²) in [7, 11) is -0.816. The minimum absolute atomic E-state index is 0.121.